The molecule has 2 aromatic rings. The summed E-state index contributed by atoms with van der Waals surface area (Å²) in [5.74, 6) is -0.787. The van der Waals surface area contributed by atoms with Crippen molar-refractivity contribution in [3.05, 3.63) is 33.9 Å². The molecule has 24 heavy (non-hydrogen) atoms. The molecule has 1 amide bonds. The van der Waals surface area contributed by atoms with Gasteiger partial charge in [-0.05, 0) is 13.3 Å². The maximum absolute atomic E-state index is 12.9. The van der Waals surface area contributed by atoms with Crippen LogP contribution in [0.4, 0.5) is 24.5 Å². The molecule has 0 aliphatic carbocycles. The number of carbonyl (C=O) groups excluding carboxylic acids is 1. The lowest BCUT2D eigenvalue weighted by Crippen LogP contribution is -2.27. The van der Waals surface area contributed by atoms with E-state index in [1.807, 2.05) is 0 Å². The molecule has 0 fully saturated rings. The van der Waals surface area contributed by atoms with Gasteiger partial charge in [-0.15, -0.1) is 0 Å². The summed E-state index contributed by atoms with van der Waals surface area (Å²) in [5.41, 5.74) is -2.00. The maximum Gasteiger partial charge on any atom is 0.437 e. The number of alkyl halides is 3. The van der Waals surface area contributed by atoms with Crippen LogP contribution in [0.25, 0.3) is 0 Å². The second-order valence-corrected chi connectivity index (χ2v) is 4.92. The van der Waals surface area contributed by atoms with E-state index < -0.39 is 34.4 Å². The van der Waals surface area contributed by atoms with E-state index >= 15 is 0 Å². The topological polar surface area (TPSA) is 119 Å². The van der Waals surface area contributed by atoms with Crippen LogP contribution in [0, 0.1) is 17.0 Å². The van der Waals surface area contributed by atoms with Crippen molar-refractivity contribution in [2.75, 3.05) is 5.32 Å². The molecule has 130 valence electrons. The first kappa shape index (κ1) is 17.4. The Morgan fingerprint density at radius 2 is 2.21 bits per heavy atom. The predicted molar refractivity (Wildman–Crippen MR) is 75.2 cm³/mol. The van der Waals surface area contributed by atoms with E-state index in [-0.39, 0.29) is 17.8 Å². The van der Waals surface area contributed by atoms with E-state index in [0.29, 0.717) is 0 Å². The first-order valence-electron chi connectivity index (χ1n) is 6.76. The molecule has 12 heteroatoms. The Morgan fingerprint density at radius 3 is 2.71 bits per heavy atom. The largest absolute Gasteiger partial charge is 0.437 e. The van der Waals surface area contributed by atoms with Gasteiger partial charge in [0.2, 0.25) is 5.91 Å². The summed E-state index contributed by atoms with van der Waals surface area (Å²) in [4.78, 5) is 22.3. The highest BCUT2D eigenvalue weighted by Gasteiger charge is 2.38. The van der Waals surface area contributed by atoms with Crippen LogP contribution >= 0.6 is 0 Å². The number of amides is 1. The van der Waals surface area contributed by atoms with E-state index in [1.165, 1.54) is 6.92 Å². The number of aryl methyl sites for hydroxylation is 1. The van der Waals surface area contributed by atoms with Crippen molar-refractivity contribution in [2.45, 2.75) is 32.5 Å². The average Bonchev–Trinajstić information content (AvgIpc) is 3.07. The molecule has 0 spiro atoms. The summed E-state index contributed by atoms with van der Waals surface area (Å²) in [6, 6.07) is -1.01. The van der Waals surface area contributed by atoms with Crippen LogP contribution < -0.4 is 5.32 Å². The minimum atomic E-state index is -4.74. The molecule has 0 aliphatic heterocycles. The van der Waals surface area contributed by atoms with Gasteiger partial charge in [0.25, 0.3) is 0 Å². The van der Waals surface area contributed by atoms with Crippen LogP contribution in [0.2, 0.25) is 0 Å². The number of carbonyl (C=O) groups is 1. The highest BCUT2D eigenvalue weighted by molar-refractivity contribution is 5.94. The number of anilines is 1. The van der Waals surface area contributed by atoms with E-state index in [0.717, 1.165) is 17.1 Å². The number of rotatable bonds is 5. The van der Waals surface area contributed by atoms with Crippen LogP contribution in [0.15, 0.2) is 12.4 Å². The third-order valence-electron chi connectivity index (χ3n) is 3.27. The number of hydrogen-bond acceptors (Lipinski definition) is 5. The van der Waals surface area contributed by atoms with Gasteiger partial charge in [-0.2, -0.15) is 23.4 Å². The van der Waals surface area contributed by atoms with Crippen molar-refractivity contribution in [3.63, 3.8) is 0 Å². The molecular formula is C12H13F3N6O3. The van der Waals surface area contributed by atoms with Crippen LogP contribution in [-0.4, -0.2) is 30.8 Å². The van der Waals surface area contributed by atoms with Crippen molar-refractivity contribution >= 4 is 17.3 Å². The number of aromatic nitrogens is 4. The molecule has 0 radical (unpaired) electrons. The minimum Gasteiger partial charge on any atom is -0.321 e. The second-order valence-electron chi connectivity index (χ2n) is 4.92. The van der Waals surface area contributed by atoms with Crippen LogP contribution in [0.3, 0.4) is 0 Å². The fourth-order valence-electron chi connectivity index (χ4n) is 2.08. The van der Waals surface area contributed by atoms with Crippen molar-refractivity contribution < 1.29 is 22.9 Å². The normalized spacial score (nSPS) is 12.9. The summed E-state index contributed by atoms with van der Waals surface area (Å²) >= 11 is 0. The molecule has 0 saturated heterocycles. The van der Waals surface area contributed by atoms with Gasteiger partial charge in [0.05, 0.1) is 16.3 Å². The van der Waals surface area contributed by atoms with Gasteiger partial charge in [0.15, 0.2) is 5.69 Å². The Bertz CT molecular complexity index is 766. The number of H-pyrrole nitrogens is 1. The number of nitro groups is 1. The Labute approximate surface area is 133 Å². The molecule has 9 nitrogen and oxygen atoms in total. The predicted octanol–water partition coefficient (Wildman–Crippen LogP) is 2.43. The lowest BCUT2D eigenvalue weighted by atomic mass is 10.2. The van der Waals surface area contributed by atoms with Gasteiger partial charge in [0, 0.05) is 0 Å². The molecule has 2 heterocycles. The standard InChI is InChI=1S/C12H13F3N6O3/c1-3-8(20-5-7(4-16-20)21(23)24)11(22)17-9-6(2)18-19-10(9)12(13,14)15/h4-5,8H,3H2,1-2H3,(H,17,22)(H,18,19)/t8-/m0/s1. The molecule has 2 rings (SSSR count). The van der Waals surface area contributed by atoms with Gasteiger partial charge in [-0.1, -0.05) is 6.92 Å². The zero-order valence-electron chi connectivity index (χ0n) is 12.6. The molecule has 0 unspecified atom stereocenters. The van der Waals surface area contributed by atoms with Gasteiger partial charge in [-0.25, -0.2) is 0 Å². The average molecular weight is 346 g/mol. The number of aromatic amines is 1. The monoisotopic (exact) mass is 346 g/mol. The van der Waals surface area contributed by atoms with Crippen molar-refractivity contribution in [1.29, 1.82) is 0 Å². The lowest BCUT2D eigenvalue weighted by Gasteiger charge is -2.16. The number of nitrogens with one attached hydrogen (secondary N) is 2. The molecule has 2 aromatic heterocycles. The van der Waals surface area contributed by atoms with Crippen LogP contribution in [0.1, 0.15) is 30.8 Å². The Morgan fingerprint density at radius 1 is 1.54 bits per heavy atom. The summed E-state index contributed by atoms with van der Waals surface area (Å²) in [5, 5.41) is 21.9. The fourth-order valence-corrected chi connectivity index (χ4v) is 2.08. The Hall–Kier alpha value is -2.92. The molecule has 2 N–H and O–H groups in total. The van der Waals surface area contributed by atoms with E-state index in [1.54, 1.807) is 6.92 Å². The minimum absolute atomic E-state index is 0.0389. The highest BCUT2D eigenvalue weighted by atomic mass is 19.4. The Kier molecular flexibility index (Phi) is 4.57. The molecular weight excluding hydrogens is 333 g/mol. The van der Waals surface area contributed by atoms with Crippen molar-refractivity contribution in [2.24, 2.45) is 0 Å². The third-order valence-corrected chi connectivity index (χ3v) is 3.27. The van der Waals surface area contributed by atoms with E-state index in [2.05, 4.69) is 20.6 Å². The number of hydrogen-bond donors (Lipinski definition) is 2. The van der Waals surface area contributed by atoms with Gasteiger partial charge < -0.3 is 5.32 Å². The smallest absolute Gasteiger partial charge is 0.321 e. The van der Waals surface area contributed by atoms with Crippen molar-refractivity contribution in [3.8, 4) is 0 Å². The molecule has 1 atom stereocenters. The summed E-state index contributed by atoms with van der Waals surface area (Å²) in [6.07, 6.45) is -2.57. The van der Waals surface area contributed by atoms with Crippen LogP contribution in [0.5, 0.6) is 0 Å². The quantitative estimate of drug-likeness (QED) is 0.636. The van der Waals surface area contributed by atoms with E-state index in [4.69, 9.17) is 0 Å². The SMILES string of the molecule is CC[C@@H](C(=O)Nc1c(C(F)(F)F)n[nH]c1C)n1cc([N+](=O)[O-])cn1. The van der Waals surface area contributed by atoms with Crippen molar-refractivity contribution in [1.82, 2.24) is 20.0 Å². The lowest BCUT2D eigenvalue weighted by molar-refractivity contribution is -0.385. The van der Waals surface area contributed by atoms with Gasteiger partial charge >= 0.3 is 11.9 Å². The van der Waals surface area contributed by atoms with Gasteiger partial charge in [0.1, 0.15) is 18.4 Å². The van der Waals surface area contributed by atoms with E-state index in [9.17, 15) is 28.1 Å². The summed E-state index contributed by atoms with van der Waals surface area (Å²) < 4.78 is 39.7. The summed E-state index contributed by atoms with van der Waals surface area (Å²) in [6.45, 7) is 2.93. The maximum atomic E-state index is 12.9. The zero-order valence-corrected chi connectivity index (χ0v) is 12.6. The Balaban J connectivity index is 2.27. The highest BCUT2D eigenvalue weighted by Crippen LogP contribution is 2.35. The molecule has 0 aromatic carbocycles. The molecule has 0 saturated carbocycles. The zero-order chi connectivity index (χ0) is 18.1. The molecule has 0 aliphatic rings. The molecule has 0 bridgehead atoms. The summed E-state index contributed by atoms with van der Waals surface area (Å²) in [7, 11) is 0. The third kappa shape index (κ3) is 3.36. The number of halogens is 3. The van der Waals surface area contributed by atoms with Crippen LogP contribution in [-0.2, 0) is 11.0 Å². The second kappa shape index (κ2) is 6.29. The first-order valence-corrected chi connectivity index (χ1v) is 6.76. The first-order chi connectivity index (χ1) is 11.1. The number of nitrogens with zero attached hydrogens (tertiary/aromatic N) is 4. The van der Waals surface area contributed by atoms with Gasteiger partial charge in [-0.3, -0.25) is 24.7 Å². The fraction of sp³-hybridized carbons (Fsp3) is 0.417.